The van der Waals surface area contributed by atoms with Crippen molar-refractivity contribution < 1.29 is 9.50 Å². The van der Waals surface area contributed by atoms with E-state index >= 15 is 0 Å². The minimum Gasteiger partial charge on any atom is -0.384 e. The lowest BCUT2D eigenvalue weighted by Gasteiger charge is -2.12. The minimum atomic E-state index is -0.656. The molecular weight excluding hydrogens is 211 g/mol. The Morgan fingerprint density at radius 3 is 2.73 bits per heavy atom. The molecule has 0 saturated carbocycles. The van der Waals surface area contributed by atoms with Crippen LogP contribution in [-0.2, 0) is 0 Å². The first-order chi connectivity index (χ1) is 7.18. The Bertz CT molecular complexity index is 451. The summed E-state index contributed by atoms with van der Waals surface area (Å²) >= 11 is 1.54. The van der Waals surface area contributed by atoms with Crippen LogP contribution in [0.5, 0.6) is 0 Å². The highest BCUT2D eigenvalue weighted by molar-refractivity contribution is 7.07. The summed E-state index contributed by atoms with van der Waals surface area (Å²) in [5.74, 6) is -0.270. The van der Waals surface area contributed by atoms with Crippen LogP contribution in [-0.4, -0.2) is 5.11 Å². The van der Waals surface area contributed by atoms with Crippen molar-refractivity contribution >= 4 is 11.3 Å². The first-order valence-electron chi connectivity index (χ1n) is 4.64. The normalized spacial score (nSPS) is 12.7. The zero-order valence-electron chi connectivity index (χ0n) is 8.27. The summed E-state index contributed by atoms with van der Waals surface area (Å²) in [6, 6.07) is 6.31. The fourth-order valence-electron chi connectivity index (χ4n) is 1.56. The molecule has 0 unspecified atom stereocenters. The van der Waals surface area contributed by atoms with Crippen LogP contribution in [0.4, 0.5) is 4.39 Å². The van der Waals surface area contributed by atoms with Crippen LogP contribution in [0.3, 0.4) is 0 Å². The van der Waals surface area contributed by atoms with E-state index in [1.165, 1.54) is 23.5 Å². The highest BCUT2D eigenvalue weighted by Gasteiger charge is 2.13. The molecule has 0 spiro atoms. The Morgan fingerprint density at radius 1 is 1.33 bits per heavy atom. The van der Waals surface area contributed by atoms with E-state index in [0.717, 1.165) is 16.7 Å². The van der Waals surface area contributed by atoms with Gasteiger partial charge in [-0.15, -0.1) is 0 Å². The maximum atomic E-state index is 12.9. The van der Waals surface area contributed by atoms with E-state index in [4.69, 9.17) is 0 Å². The summed E-state index contributed by atoms with van der Waals surface area (Å²) in [6.07, 6.45) is -0.656. The second kappa shape index (κ2) is 4.13. The van der Waals surface area contributed by atoms with Crippen molar-refractivity contribution in [2.75, 3.05) is 0 Å². The molecule has 0 bridgehead atoms. The van der Waals surface area contributed by atoms with Crippen LogP contribution in [0.15, 0.2) is 35.0 Å². The van der Waals surface area contributed by atoms with Crippen molar-refractivity contribution in [3.05, 3.63) is 57.5 Å². The van der Waals surface area contributed by atoms with E-state index in [2.05, 4.69) is 0 Å². The van der Waals surface area contributed by atoms with Gasteiger partial charge < -0.3 is 5.11 Å². The van der Waals surface area contributed by atoms with Crippen LogP contribution >= 0.6 is 11.3 Å². The van der Waals surface area contributed by atoms with Crippen molar-refractivity contribution in [1.82, 2.24) is 0 Å². The number of aliphatic hydroxyl groups excluding tert-OH is 1. The highest BCUT2D eigenvalue weighted by Crippen LogP contribution is 2.26. The molecule has 1 aromatic carbocycles. The van der Waals surface area contributed by atoms with Crippen LogP contribution in [0, 0.1) is 12.7 Å². The third-order valence-electron chi connectivity index (χ3n) is 2.39. The molecule has 0 aliphatic heterocycles. The van der Waals surface area contributed by atoms with E-state index in [0.29, 0.717) is 0 Å². The molecule has 2 aromatic rings. The molecular formula is C12H11FOS. The van der Waals surface area contributed by atoms with E-state index in [9.17, 15) is 9.50 Å². The first kappa shape index (κ1) is 10.3. The molecule has 0 fully saturated rings. The molecule has 1 heterocycles. The van der Waals surface area contributed by atoms with Gasteiger partial charge in [0.2, 0.25) is 0 Å². The molecule has 0 radical (unpaired) electrons. The molecule has 0 aliphatic carbocycles. The molecule has 1 nitrogen and oxygen atoms in total. The summed E-state index contributed by atoms with van der Waals surface area (Å²) in [5.41, 5.74) is 2.39. The Labute approximate surface area is 91.8 Å². The molecule has 0 amide bonds. The van der Waals surface area contributed by atoms with E-state index in [1.807, 2.05) is 16.8 Å². The number of benzene rings is 1. The molecule has 78 valence electrons. The van der Waals surface area contributed by atoms with Gasteiger partial charge in [0.15, 0.2) is 0 Å². The molecule has 1 aromatic heterocycles. The van der Waals surface area contributed by atoms with Gasteiger partial charge in [0.05, 0.1) is 0 Å². The van der Waals surface area contributed by atoms with Crippen LogP contribution < -0.4 is 0 Å². The molecule has 3 heteroatoms. The van der Waals surface area contributed by atoms with Crippen LogP contribution in [0.1, 0.15) is 22.8 Å². The van der Waals surface area contributed by atoms with Crippen molar-refractivity contribution in [3.63, 3.8) is 0 Å². The van der Waals surface area contributed by atoms with Crippen LogP contribution in [0.25, 0.3) is 0 Å². The quantitative estimate of drug-likeness (QED) is 0.826. The van der Waals surface area contributed by atoms with Crippen molar-refractivity contribution in [3.8, 4) is 0 Å². The largest absolute Gasteiger partial charge is 0.384 e. The fourth-order valence-corrected chi connectivity index (χ4v) is 2.23. The summed E-state index contributed by atoms with van der Waals surface area (Å²) in [5, 5.41) is 13.8. The number of hydrogen-bond acceptors (Lipinski definition) is 2. The van der Waals surface area contributed by atoms with Gasteiger partial charge in [-0.3, -0.25) is 0 Å². The average molecular weight is 222 g/mol. The predicted molar refractivity (Wildman–Crippen MR) is 59.5 cm³/mol. The number of hydrogen-bond donors (Lipinski definition) is 1. The number of rotatable bonds is 2. The zero-order valence-corrected chi connectivity index (χ0v) is 9.09. The monoisotopic (exact) mass is 222 g/mol. The SMILES string of the molecule is Cc1cc(F)ccc1[C@@H](O)c1ccsc1. The van der Waals surface area contributed by atoms with Gasteiger partial charge in [-0.2, -0.15) is 11.3 Å². The number of halogens is 1. The molecule has 0 saturated heterocycles. The van der Waals surface area contributed by atoms with Crippen molar-refractivity contribution in [2.24, 2.45) is 0 Å². The number of aryl methyl sites for hydroxylation is 1. The van der Waals surface area contributed by atoms with Crippen molar-refractivity contribution in [2.45, 2.75) is 13.0 Å². The van der Waals surface area contributed by atoms with Crippen LogP contribution in [0.2, 0.25) is 0 Å². The van der Waals surface area contributed by atoms with Crippen molar-refractivity contribution in [1.29, 1.82) is 0 Å². The predicted octanol–water partition coefficient (Wildman–Crippen LogP) is 3.28. The van der Waals surface area contributed by atoms with Gasteiger partial charge in [-0.1, -0.05) is 6.07 Å². The van der Waals surface area contributed by atoms with Gasteiger partial charge in [-0.25, -0.2) is 4.39 Å². The smallest absolute Gasteiger partial charge is 0.123 e. The van der Waals surface area contributed by atoms with Gasteiger partial charge >= 0.3 is 0 Å². The maximum Gasteiger partial charge on any atom is 0.123 e. The topological polar surface area (TPSA) is 20.2 Å². The zero-order chi connectivity index (χ0) is 10.8. The third kappa shape index (κ3) is 2.08. The fraction of sp³-hybridized carbons (Fsp3) is 0.167. The summed E-state index contributed by atoms with van der Waals surface area (Å²) in [7, 11) is 0. The van der Waals surface area contributed by atoms with E-state index in [-0.39, 0.29) is 5.82 Å². The lowest BCUT2D eigenvalue weighted by atomic mass is 9.99. The number of thiophene rings is 1. The second-order valence-electron chi connectivity index (χ2n) is 3.46. The Kier molecular flexibility index (Phi) is 2.84. The third-order valence-corrected chi connectivity index (χ3v) is 3.09. The summed E-state index contributed by atoms with van der Waals surface area (Å²) < 4.78 is 12.9. The molecule has 1 atom stereocenters. The number of aliphatic hydroxyl groups is 1. The van der Waals surface area contributed by atoms with Gasteiger partial charge in [0, 0.05) is 0 Å². The second-order valence-corrected chi connectivity index (χ2v) is 4.24. The maximum absolute atomic E-state index is 12.9. The standard InChI is InChI=1S/C12H11FOS/c1-8-6-10(13)2-3-11(8)12(14)9-4-5-15-7-9/h2-7,12,14H,1H3/t12-/m0/s1. The molecule has 15 heavy (non-hydrogen) atoms. The Balaban J connectivity index is 2.38. The Hall–Kier alpha value is -1.19. The van der Waals surface area contributed by atoms with E-state index in [1.54, 1.807) is 13.0 Å². The van der Waals surface area contributed by atoms with Gasteiger partial charge in [0.1, 0.15) is 11.9 Å². The summed E-state index contributed by atoms with van der Waals surface area (Å²) in [4.78, 5) is 0. The van der Waals surface area contributed by atoms with Gasteiger partial charge in [-0.05, 0) is 52.6 Å². The molecule has 2 rings (SSSR count). The van der Waals surface area contributed by atoms with Gasteiger partial charge in [0.25, 0.3) is 0 Å². The molecule has 1 N–H and O–H groups in total. The van der Waals surface area contributed by atoms with E-state index < -0.39 is 6.10 Å². The molecule has 0 aliphatic rings. The highest BCUT2D eigenvalue weighted by atomic mass is 32.1. The lowest BCUT2D eigenvalue weighted by Crippen LogP contribution is -2.00. The summed E-state index contributed by atoms with van der Waals surface area (Å²) in [6.45, 7) is 1.80. The minimum absolute atomic E-state index is 0.270. The average Bonchev–Trinajstić information content (AvgIpc) is 2.69. The Morgan fingerprint density at radius 2 is 2.13 bits per heavy atom. The first-order valence-corrected chi connectivity index (χ1v) is 5.59. The lowest BCUT2D eigenvalue weighted by molar-refractivity contribution is 0.220.